The van der Waals surface area contributed by atoms with E-state index < -0.39 is 5.97 Å². The number of carboxylic acids is 1. The largest absolute Gasteiger partial charge is 0.481 e. The average Bonchev–Trinajstić information content (AvgIpc) is 3.09. The summed E-state index contributed by atoms with van der Waals surface area (Å²) in [5, 5.41) is 8.93. The van der Waals surface area contributed by atoms with Crippen molar-refractivity contribution in [1.82, 2.24) is 0 Å². The van der Waals surface area contributed by atoms with Gasteiger partial charge in [0.15, 0.2) is 0 Å². The number of hydrogen-bond acceptors (Lipinski definition) is 2. The van der Waals surface area contributed by atoms with Crippen molar-refractivity contribution in [3.63, 3.8) is 0 Å². The summed E-state index contributed by atoms with van der Waals surface area (Å²) in [5.41, 5.74) is 8.29. The van der Waals surface area contributed by atoms with Crippen LogP contribution < -0.4 is 5.73 Å². The number of benzene rings is 1. The first kappa shape index (κ1) is 12.1. The minimum Gasteiger partial charge on any atom is -0.481 e. The van der Waals surface area contributed by atoms with Crippen LogP contribution in [0.3, 0.4) is 0 Å². The Hall–Kier alpha value is -1.35. The van der Waals surface area contributed by atoms with Crippen molar-refractivity contribution in [1.29, 1.82) is 0 Å². The second-order valence-electron chi connectivity index (χ2n) is 5.01. The molecule has 2 rings (SSSR count). The maximum atomic E-state index is 10.9. The Kier molecular flexibility index (Phi) is 3.48. The summed E-state index contributed by atoms with van der Waals surface area (Å²) < 4.78 is 0. The van der Waals surface area contributed by atoms with Crippen LogP contribution in [0.4, 0.5) is 0 Å². The molecule has 1 aromatic rings. The molecule has 0 amide bonds. The van der Waals surface area contributed by atoms with E-state index in [2.05, 4.69) is 12.1 Å². The Morgan fingerprint density at radius 3 is 2.76 bits per heavy atom. The average molecular weight is 233 g/mol. The highest BCUT2D eigenvalue weighted by molar-refractivity contribution is 5.68. The molecule has 17 heavy (non-hydrogen) atoms. The monoisotopic (exact) mass is 233 g/mol. The summed E-state index contributed by atoms with van der Waals surface area (Å²) in [4.78, 5) is 10.9. The maximum Gasteiger partial charge on any atom is 0.304 e. The maximum absolute atomic E-state index is 10.9. The molecule has 0 aromatic heterocycles. The van der Waals surface area contributed by atoms with Gasteiger partial charge in [0.25, 0.3) is 0 Å². The van der Waals surface area contributed by atoms with E-state index in [0.29, 0.717) is 5.92 Å². The van der Waals surface area contributed by atoms with Gasteiger partial charge in [0.05, 0.1) is 6.42 Å². The second kappa shape index (κ2) is 4.88. The fraction of sp³-hybridized carbons (Fsp3) is 0.500. The standard InChI is InChI=1S/C14H19NO2/c1-9(15)13(8-14(16)17)12-4-2-3-11(7-12)10-5-6-10/h2-4,7,9-10,13H,5-6,8,15H2,1H3,(H,16,17). The van der Waals surface area contributed by atoms with Crippen LogP contribution in [0.15, 0.2) is 24.3 Å². The van der Waals surface area contributed by atoms with E-state index in [9.17, 15) is 4.79 Å². The van der Waals surface area contributed by atoms with E-state index in [0.717, 1.165) is 5.56 Å². The number of rotatable bonds is 5. The number of carboxylic acid groups (broad SMARTS) is 1. The molecule has 1 aliphatic carbocycles. The highest BCUT2D eigenvalue weighted by atomic mass is 16.4. The van der Waals surface area contributed by atoms with Gasteiger partial charge in [0.1, 0.15) is 0 Å². The number of carbonyl (C=O) groups is 1. The minimum atomic E-state index is -0.788. The summed E-state index contributed by atoms with van der Waals surface area (Å²) in [7, 11) is 0. The lowest BCUT2D eigenvalue weighted by Gasteiger charge is -2.20. The zero-order valence-electron chi connectivity index (χ0n) is 10.1. The molecule has 92 valence electrons. The van der Waals surface area contributed by atoms with Crippen molar-refractivity contribution >= 4 is 5.97 Å². The van der Waals surface area contributed by atoms with E-state index in [4.69, 9.17) is 10.8 Å². The van der Waals surface area contributed by atoms with Crippen LogP contribution in [-0.2, 0) is 4.79 Å². The zero-order chi connectivity index (χ0) is 12.4. The van der Waals surface area contributed by atoms with Crippen molar-refractivity contribution in [2.45, 2.75) is 44.1 Å². The molecule has 3 N–H and O–H groups in total. The lowest BCUT2D eigenvalue weighted by atomic mass is 9.88. The Labute approximate surface area is 102 Å². The van der Waals surface area contributed by atoms with Crippen LogP contribution in [0.5, 0.6) is 0 Å². The molecule has 0 heterocycles. The van der Waals surface area contributed by atoms with Crippen LogP contribution in [0.1, 0.15) is 49.1 Å². The van der Waals surface area contributed by atoms with Crippen molar-refractivity contribution in [2.75, 3.05) is 0 Å². The van der Waals surface area contributed by atoms with Crippen LogP contribution in [-0.4, -0.2) is 17.1 Å². The molecular formula is C14H19NO2. The number of hydrogen-bond donors (Lipinski definition) is 2. The Balaban J connectivity index is 2.21. The normalized spacial score (nSPS) is 18.7. The van der Waals surface area contributed by atoms with Crippen molar-refractivity contribution < 1.29 is 9.90 Å². The van der Waals surface area contributed by atoms with Crippen molar-refractivity contribution in [3.8, 4) is 0 Å². The van der Waals surface area contributed by atoms with E-state index in [1.165, 1.54) is 18.4 Å². The van der Waals surface area contributed by atoms with Gasteiger partial charge in [-0.1, -0.05) is 24.3 Å². The van der Waals surface area contributed by atoms with Gasteiger partial charge in [-0.2, -0.15) is 0 Å². The summed E-state index contributed by atoms with van der Waals surface area (Å²) >= 11 is 0. The molecule has 3 nitrogen and oxygen atoms in total. The summed E-state index contributed by atoms with van der Waals surface area (Å²) in [5.74, 6) is -0.191. The zero-order valence-corrected chi connectivity index (χ0v) is 10.1. The van der Waals surface area contributed by atoms with Gasteiger partial charge in [-0.15, -0.1) is 0 Å². The molecule has 2 unspecified atom stereocenters. The second-order valence-corrected chi connectivity index (χ2v) is 5.01. The lowest BCUT2D eigenvalue weighted by Crippen LogP contribution is -2.26. The Morgan fingerprint density at radius 2 is 2.24 bits per heavy atom. The molecule has 1 aliphatic rings. The first-order chi connectivity index (χ1) is 8.08. The van der Waals surface area contributed by atoms with Crippen LogP contribution in [0.25, 0.3) is 0 Å². The highest BCUT2D eigenvalue weighted by Gasteiger charge is 2.25. The summed E-state index contributed by atoms with van der Waals surface area (Å²) in [6.07, 6.45) is 2.61. The summed E-state index contributed by atoms with van der Waals surface area (Å²) in [6.45, 7) is 1.87. The van der Waals surface area contributed by atoms with Gasteiger partial charge < -0.3 is 10.8 Å². The van der Waals surface area contributed by atoms with Gasteiger partial charge in [0, 0.05) is 12.0 Å². The molecule has 3 heteroatoms. The molecule has 1 saturated carbocycles. The lowest BCUT2D eigenvalue weighted by molar-refractivity contribution is -0.137. The fourth-order valence-electron chi connectivity index (χ4n) is 2.26. The quantitative estimate of drug-likeness (QED) is 0.821. The molecule has 0 spiro atoms. The molecule has 0 radical (unpaired) electrons. The molecule has 0 aliphatic heterocycles. The van der Waals surface area contributed by atoms with Gasteiger partial charge in [-0.3, -0.25) is 4.79 Å². The third-order valence-corrected chi connectivity index (χ3v) is 3.42. The number of aliphatic carboxylic acids is 1. The van der Waals surface area contributed by atoms with Gasteiger partial charge in [0.2, 0.25) is 0 Å². The third kappa shape index (κ3) is 3.07. The number of nitrogens with two attached hydrogens (primary N) is 1. The van der Waals surface area contributed by atoms with Crippen LogP contribution in [0, 0.1) is 0 Å². The van der Waals surface area contributed by atoms with E-state index in [-0.39, 0.29) is 18.4 Å². The molecule has 0 bridgehead atoms. The topological polar surface area (TPSA) is 63.3 Å². The molecule has 0 saturated heterocycles. The summed E-state index contributed by atoms with van der Waals surface area (Å²) in [6, 6.07) is 8.12. The molecule has 1 fully saturated rings. The van der Waals surface area contributed by atoms with Gasteiger partial charge in [-0.25, -0.2) is 0 Å². The molecule has 1 aromatic carbocycles. The molecular weight excluding hydrogens is 214 g/mol. The van der Waals surface area contributed by atoms with Gasteiger partial charge in [-0.05, 0) is 36.8 Å². The fourth-order valence-corrected chi connectivity index (χ4v) is 2.26. The Bertz CT molecular complexity index is 410. The van der Waals surface area contributed by atoms with E-state index in [1.807, 2.05) is 19.1 Å². The van der Waals surface area contributed by atoms with Gasteiger partial charge >= 0.3 is 5.97 Å². The SMILES string of the molecule is CC(N)C(CC(=O)O)c1cccc(C2CC2)c1. The third-order valence-electron chi connectivity index (χ3n) is 3.42. The highest BCUT2D eigenvalue weighted by Crippen LogP contribution is 2.41. The van der Waals surface area contributed by atoms with Crippen molar-refractivity contribution in [2.24, 2.45) is 5.73 Å². The Morgan fingerprint density at radius 1 is 1.53 bits per heavy atom. The van der Waals surface area contributed by atoms with Crippen molar-refractivity contribution in [3.05, 3.63) is 35.4 Å². The van der Waals surface area contributed by atoms with Crippen LogP contribution >= 0.6 is 0 Å². The van der Waals surface area contributed by atoms with Crippen LogP contribution in [0.2, 0.25) is 0 Å². The predicted molar refractivity (Wildman–Crippen MR) is 67.1 cm³/mol. The predicted octanol–water partition coefficient (Wildman–Crippen LogP) is 2.47. The minimum absolute atomic E-state index is 0.0915. The first-order valence-electron chi connectivity index (χ1n) is 6.15. The van der Waals surface area contributed by atoms with E-state index in [1.54, 1.807) is 0 Å². The smallest absolute Gasteiger partial charge is 0.304 e. The first-order valence-corrected chi connectivity index (χ1v) is 6.15. The van der Waals surface area contributed by atoms with E-state index >= 15 is 0 Å². The molecule has 2 atom stereocenters.